The lowest BCUT2D eigenvalue weighted by atomic mass is 10.2. The van der Waals surface area contributed by atoms with Crippen LogP contribution in [0.5, 0.6) is 5.88 Å². The van der Waals surface area contributed by atoms with Gasteiger partial charge in [-0.25, -0.2) is 4.98 Å². The molecule has 5 heteroatoms. The van der Waals surface area contributed by atoms with E-state index in [1.54, 1.807) is 18.3 Å². The first-order chi connectivity index (χ1) is 9.78. The number of pyridine rings is 1. The van der Waals surface area contributed by atoms with Crippen LogP contribution in [0.1, 0.15) is 9.67 Å². The normalized spacial score (nSPS) is 10.4. The van der Waals surface area contributed by atoms with E-state index in [1.165, 1.54) is 18.4 Å². The SMILES string of the molecule is COc1ncccc1NC(=O)c1cc2ccccc2s1. The largest absolute Gasteiger partial charge is 0.480 e. The molecule has 1 amide bonds. The number of benzene rings is 1. The van der Waals surface area contributed by atoms with E-state index in [1.807, 2.05) is 30.3 Å². The molecule has 100 valence electrons. The molecule has 0 unspecified atom stereocenters. The van der Waals surface area contributed by atoms with Crippen LogP contribution in [-0.4, -0.2) is 18.0 Å². The Kier molecular flexibility index (Phi) is 3.35. The van der Waals surface area contributed by atoms with E-state index in [-0.39, 0.29) is 5.91 Å². The van der Waals surface area contributed by atoms with Crippen molar-refractivity contribution >= 4 is 33.0 Å². The highest BCUT2D eigenvalue weighted by atomic mass is 32.1. The molecule has 0 fully saturated rings. The Morgan fingerprint density at radius 1 is 1.25 bits per heavy atom. The zero-order valence-electron chi connectivity index (χ0n) is 10.8. The molecule has 0 radical (unpaired) electrons. The summed E-state index contributed by atoms with van der Waals surface area (Å²) in [7, 11) is 1.53. The lowest BCUT2D eigenvalue weighted by Crippen LogP contribution is -2.11. The number of methoxy groups -OCH3 is 1. The summed E-state index contributed by atoms with van der Waals surface area (Å²) in [6.45, 7) is 0. The average molecular weight is 284 g/mol. The molecule has 20 heavy (non-hydrogen) atoms. The molecule has 0 atom stereocenters. The quantitative estimate of drug-likeness (QED) is 0.800. The number of fused-ring (bicyclic) bond motifs is 1. The van der Waals surface area contributed by atoms with E-state index in [4.69, 9.17) is 4.74 Å². The smallest absolute Gasteiger partial charge is 0.265 e. The Hall–Kier alpha value is -2.40. The first-order valence-electron chi connectivity index (χ1n) is 6.07. The number of amides is 1. The molecular weight excluding hydrogens is 272 g/mol. The molecule has 0 aliphatic heterocycles. The van der Waals surface area contributed by atoms with Crippen molar-refractivity contribution in [3.63, 3.8) is 0 Å². The topological polar surface area (TPSA) is 51.2 Å². The van der Waals surface area contributed by atoms with E-state index >= 15 is 0 Å². The van der Waals surface area contributed by atoms with Crippen molar-refractivity contribution in [1.82, 2.24) is 4.98 Å². The minimum Gasteiger partial charge on any atom is -0.480 e. The predicted molar refractivity (Wildman–Crippen MR) is 80.6 cm³/mol. The van der Waals surface area contributed by atoms with E-state index < -0.39 is 0 Å². The second-order valence-electron chi connectivity index (χ2n) is 4.16. The highest BCUT2D eigenvalue weighted by molar-refractivity contribution is 7.20. The van der Waals surface area contributed by atoms with Crippen molar-refractivity contribution in [2.45, 2.75) is 0 Å². The van der Waals surface area contributed by atoms with Crippen LogP contribution in [-0.2, 0) is 0 Å². The molecule has 3 aromatic rings. The van der Waals surface area contributed by atoms with Gasteiger partial charge in [-0.2, -0.15) is 0 Å². The number of aromatic nitrogens is 1. The van der Waals surface area contributed by atoms with E-state index in [9.17, 15) is 4.79 Å². The average Bonchev–Trinajstić information content (AvgIpc) is 2.92. The van der Waals surface area contributed by atoms with Gasteiger partial charge in [0.1, 0.15) is 5.69 Å². The van der Waals surface area contributed by atoms with Gasteiger partial charge in [-0.15, -0.1) is 11.3 Å². The summed E-state index contributed by atoms with van der Waals surface area (Å²) in [5, 5.41) is 3.89. The van der Waals surface area contributed by atoms with Crippen LogP contribution in [0.3, 0.4) is 0 Å². The van der Waals surface area contributed by atoms with Gasteiger partial charge in [0, 0.05) is 10.9 Å². The molecule has 0 aliphatic carbocycles. The number of anilines is 1. The number of ether oxygens (including phenoxy) is 1. The van der Waals surface area contributed by atoms with Crippen molar-refractivity contribution in [3.05, 3.63) is 53.5 Å². The summed E-state index contributed by atoms with van der Waals surface area (Å²) in [6.07, 6.45) is 1.62. The zero-order valence-corrected chi connectivity index (χ0v) is 11.6. The highest BCUT2D eigenvalue weighted by Crippen LogP contribution is 2.27. The summed E-state index contributed by atoms with van der Waals surface area (Å²) < 4.78 is 6.21. The second-order valence-corrected chi connectivity index (χ2v) is 5.25. The fraction of sp³-hybridized carbons (Fsp3) is 0.0667. The number of rotatable bonds is 3. The van der Waals surface area contributed by atoms with Crippen molar-refractivity contribution in [2.75, 3.05) is 12.4 Å². The van der Waals surface area contributed by atoms with Gasteiger partial charge in [-0.1, -0.05) is 18.2 Å². The summed E-state index contributed by atoms with van der Waals surface area (Å²) in [4.78, 5) is 17.0. The van der Waals surface area contributed by atoms with Crippen LogP contribution in [0.4, 0.5) is 5.69 Å². The van der Waals surface area contributed by atoms with Crippen LogP contribution in [0.15, 0.2) is 48.7 Å². The standard InChI is InChI=1S/C15H12N2O2S/c1-19-15-11(6-4-8-16-15)17-14(18)13-9-10-5-2-3-7-12(10)20-13/h2-9H,1H3,(H,17,18). The van der Waals surface area contributed by atoms with Crippen molar-refractivity contribution in [2.24, 2.45) is 0 Å². The van der Waals surface area contributed by atoms with Crippen LogP contribution >= 0.6 is 11.3 Å². The second kappa shape index (κ2) is 5.30. The first-order valence-corrected chi connectivity index (χ1v) is 6.88. The fourth-order valence-corrected chi connectivity index (χ4v) is 2.88. The fourth-order valence-electron chi connectivity index (χ4n) is 1.93. The number of carbonyl (C=O) groups excluding carboxylic acids is 1. The Bertz CT molecular complexity index is 734. The van der Waals surface area contributed by atoms with Gasteiger partial charge < -0.3 is 10.1 Å². The Labute approximate surface area is 120 Å². The molecule has 0 saturated carbocycles. The number of carbonyl (C=O) groups is 1. The molecule has 3 rings (SSSR count). The highest BCUT2D eigenvalue weighted by Gasteiger charge is 2.12. The zero-order chi connectivity index (χ0) is 13.9. The summed E-state index contributed by atoms with van der Waals surface area (Å²) in [5.74, 6) is 0.250. The number of nitrogens with zero attached hydrogens (tertiary/aromatic N) is 1. The third kappa shape index (κ3) is 2.35. The van der Waals surface area contributed by atoms with E-state index in [0.717, 1.165) is 10.1 Å². The van der Waals surface area contributed by atoms with Gasteiger partial charge in [0.2, 0.25) is 5.88 Å². The van der Waals surface area contributed by atoms with Crippen molar-refractivity contribution in [3.8, 4) is 5.88 Å². The van der Waals surface area contributed by atoms with Gasteiger partial charge in [-0.3, -0.25) is 4.79 Å². The Morgan fingerprint density at radius 2 is 2.10 bits per heavy atom. The maximum Gasteiger partial charge on any atom is 0.265 e. The minimum absolute atomic E-state index is 0.155. The van der Waals surface area contributed by atoms with Gasteiger partial charge in [0.15, 0.2) is 0 Å². The van der Waals surface area contributed by atoms with Crippen LogP contribution in [0.25, 0.3) is 10.1 Å². The minimum atomic E-state index is -0.155. The molecule has 4 nitrogen and oxygen atoms in total. The van der Waals surface area contributed by atoms with Gasteiger partial charge >= 0.3 is 0 Å². The molecule has 2 aromatic heterocycles. The third-order valence-electron chi connectivity index (χ3n) is 2.86. The molecule has 0 spiro atoms. The predicted octanol–water partition coefficient (Wildman–Crippen LogP) is 3.56. The third-order valence-corrected chi connectivity index (χ3v) is 3.98. The van der Waals surface area contributed by atoms with Crippen LogP contribution < -0.4 is 10.1 Å². The molecular formula is C15H12N2O2S. The van der Waals surface area contributed by atoms with Crippen molar-refractivity contribution < 1.29 is 9.53 Å². The number of nitrogens with one attached hydrogen (secondary N) is 1. The first kappa shape index (κ1) is 12.6. The summed E-state index contributed by atoms with van der Waals surface area (Å²) >= 11 is 1.46. The number of thiophene rings is 1. The number of hydrogen-bond donors (Lipinski definition) is 1. The molecule has 0 saturated heterocycles. The monoisotopic (exact) mass is 284 g/mol. The van der Waals surface area contributed by atoms with E-state index in [2.05, 4.69) is 10.3 Å². The summed E-state index contributed by atoms with van der Waals surface area (Å²) in [6, 6.07) is 13.3. The van der Waals surface area contributed by atoms with Gasteiger partial charge in [0.25, 0.3) is 5.91 Å². The van der Waals surface area contributed by atoms with Gasteiger partial charge in [-0.05, 0) is 29.7 Å². The molecule has 0 bridgehead atoms. The Balaban J connectivity index is 1.89. The lowest BCUT2D eigenvalue weighted by Gasteiger charge is -2.07. The van der Waals surface area contributed by atoms with E-state index in [0.29, 0.717) is 16.4 Å². The summed E-state index contributed by atoms with van der Waals surface area (Å²) in [5.41, 5.74) is 0.567. The molecule has 1 N–H and O–H groups in total. The molecule has 1 aromatic carbocycles. The number of hydrogen-bond acceptors (Lipinski definition) is 4. The molecule has 0 aliphatic rings. The van der Waals surface area contributed by atoms with Crippen LogP contribution in [0.2, 0.25) is 0 Å². The maximum atomic E-state index is 12.3. The molecule has 2 heterocycles. The van der Waals surface area contributed by atoms with Gasteiger partial charge in [0.05, 0.1) is 12.0 Å². The van der Waals surface area contributed by atoms with Crippen LogP contribution in [0, 0.1) is 0 Å². The van der Waals surface area contributed by atoms with Crippen molar-refractivity contribution in [1.29, 1.82) is 0 Å². The Morgan fingerprint density at radius 3 is 2.90 bits per heavy atom. The lowest BCUT2D eigenvalue weighted by molar-refractivity contribution is 0.103. The maximum absolute atomic E-state index is 12.3.